The minimum Gasteiger partial charge on any atom is -0.467 e. The smallest absolute Gasteiger partial charge is 0.233 e. The van der Waals surface area contributed by atoms with Gasteiger partial charge in [-0.2, -0.15) is 0 Å². The number of nitrogens with zero attached hydrogens (tertiary/aromatic N) is 6. The fraction of sp³-hybridized carbons (Fsp3) is 0.480. The first-order chi connectivity index (χ1) is 16.7. The van der Waals surface area contributed by atoms with E-state index in [0.717, 1.165) is 56.1 Å². The Kier molecular flexibility index (Phi) is 7.08. The highest BCUT2D eigenvalue weighted by Crippen LogP contribution is 2.26. The number of furan rings is 1. The van der Waals surface area contributed by atoms with Crippen LogP contribution < -0.4 is 9.80 Å². The molecular weight excluding hydrogens is 448 g/mol. The highest BCUT2D eigenvalue weighted by atomic mass is 32.2. The summed E-state index contributed by atoms with van der Waals surface area (Å²) in [5.41, 5.74) is 2.49. The molecule has 1 amide bonds. The molecule has 8 nitrogen and oxygen atoms in total. The SMILES string of the molecule is Cc1cccc(N2CCN(C(=O)CSc3nnc(N4CCCCC4)n3Cc3ccco3)CC2)c1. The Hall–Kier alpha value is -2.94. The zero-order valence-electron chi connectivity index (χ0n) is 19.7. The standard InChI is InChI=1S/C25H32N6O2S/c1-20-7-5-8-21(17-20)28-12-14-29(15-13-28)23(32)19-34-25-27-26-24(30-10-3-2-4-11-30)31(25)18-22-9-6-16-33-22/h5-9,16-17H,2-4,10-15,18-19H2,1H3. The molecule has 2 fully saturated rings. The molecule has 0 N–H and O–H groups in total. The maximum atomic E-state index is 13.0. The number of hydrogen-bond acceptors (Lipinski definition) is 7. The zero-order chi connectivity index (χ0) is 23.3. The van der Waals surface area contributed by atoms with Gasteiger partial charge >= 0.3 is 0 Å². The van der Waals surface area contributed by atoms with E-state index in [1.165, 1.54) is 42.3 Å². The summed E-state index contributed by atoms with van der Waals surface area (Å²) >= 11 is 1.47. The van der Waals surface area contributed by atoms with Crippen LogP contribution in [0.15, 0.2) is 52.2 Å². The normalized spacial score (nSPS) is 16.8. The van der Waals surface area contributed by atoms with Gasteiger partial charge in [0.2, 0.25) is 11.9 Å². The Morgan fingerprint density at radius 1 is 0.971 bits per heavy atom. The summed E-state index contributed by atoms with van der Waals surface area (Å²) in [5, 5.41) is 9.74. The average Bonchev–Trinajstić information content (AvgIpc) is 3.54. The Bertz CT molecular complexity index is 1080. The van der Waals surface area contributed by atoms with Gasteiger partial charge < -0.3 is 19.1 Å². The number of piperidine rings is 1. The number of aryl methyl sites for hydroxylation is 1. The Labute approximate surface area is 204 Å². The molecule has 180 valence electrons. The number of rotatable bonds is 7. The summed E-state index contributed by atoms with van der Waals surface area (Å²) in [6, 6.07) is 12.4. The molecule has 0 bridgehead atoms. The van der Waals surface area contributed by atoms with Crippen LogP contribution in [0.25, 0.3) is 0 Å². The number of piperazine rings is 1. The Morgan fingerprint density at radius 2 is 1.79 bits per heavy atom. The van der Waals surface area contributed by atoms with Gasteiger partial charge in [-0.05, 0) is 56.0 Å². The molecule has 3 aromatic rings. The predicted molar refractivity (Wildman–Crippen MR) is 135 cm³/mol. The molecule has 5 rings (SSSR count). The molecule has 2 saturated heterocycles. The van der Waals surface area contributed by atoms with Gasteiger partial charge in [-0.3, -0.25) is 9.36 Å². The van der Waals surface area contributed by atoms with Crippen LogP contribution in [-0.4, -0.2) is 70.6 Å². The van der Waals surface area contributed by atoms with Gasteiger partial charge in [0.15, 0.2) is 5.16 Å². The van der Waals surface area contributed by atoms with Crippen molar-refractivity contribution in [3.8, 4) is 0 Å². The maximum absolute atomic E-state index is 13.0. The van der Waals surface area contributed by atoms with Crippen LogP contribution in [0.1, 0.15) is 30.6 Å². The number of benzene rings is 1. The van der Waals surface area contributed by atoms with Crippen LogP contribution in [0.4, 0.5) is 11.6 Å². The molecule has 2 aliphatic rings. The van der Waals surface area contributed by atoms with Crippen molar-refractivity contribution >= 4 is 29.3 Å². The summed E-state index contributed by atoms with van der Waals surface area (Å²) in [7, 11) is 0. The van der Waals surface area contributed by atoms with E-state index in [1.807, 2.05) is 17.0 Å². The molecule has 0 atom stereocenters. The van der Waals surface area contributed by atoms with Gasteiger partial charge in [0.25, 0.3) is 0 Å². The maximum Gasteiger partial charge on any atom is 0.233 e. The lowest BCUT2D eigenvalue weighted by Crippen LogP contribution is -2.49. The van der Waals surface area contributed by atoms with Crippen molar-refractivity contribution in [1.29, 1.82) is 0 Å². The van der Waals surface area contributed by atoms with E-state index in [0.29, 0.717) is 12.3 Å². The summed E-state index contributed by atoms with van der Waals surface area (Å²) in [6.07, 6.45) is 5.29. The van der Waals surface area contributed by atoms with Crippen molar-refractivity contribution in [1.82, 2.24) is 19.7 Å². The lowest BCUT2D eigenvalue weighted by molar-refractivity contribution is -0.128. The number of carbonyl (C=O) groups excluding carboxylic acids is 1. The van der Waals surface area contributed by atoms with Crippen LogP contribution >= 0.6 is 11.8 Å². The molecule has 4 heterocycles. The van der Waals surface area contributed by atoms with Gasteiger partial charge in [-0.1, -0.05) is 23.9 Å². The Balaban J connectivity index is 1.21. The van der Waals surface area contributed by atoms with E-state index in [4.69, 9.17) is 4.42 Å². The average molecular weight is 481 g/mol. The van der Waals surface area contributed by atoms with Gasteiger partial charge in [0, 0.05) is 45.0 Å². The number of anilines is 2. The number of carbonyl (C=O) groups is 1. The second-order valence-electron chi connectivity index (χ2n) is 8.99. The lowest BCUT2D eigenvalue weighted by Gasteiger charge is -2.36. The molecule has 9 heteroatoms. The van der Waals surface area contributed by atoms with E-state index in [2.05, 4.69) is 55.8 Å². The van der Waals surface area contributed by atoms with Gasteiger partial charge in [-0.25, -0.2) is 0 Å². The fourth-order valence-electron chi connectivity index (χ4n) is 4.67. The molecule has 2 aliphatic heterocycles. The first kappa shape index (κ1) is 22.8. The third-order valence-corrected chi connectivity index (χ3v) is 7.51. The van der Waals surface area contributed by atoms with E-state index in [9.17, 15) is 4.79 Å². The molecule has 0 radical (unpaired) electrons. The third-order valence-electron chi connectivity index (χ3n) is 6.55. The van der Waals surface area contributed by atoms with Crippen LogP contribution in [-0.2, 0) is 11.3 Å². The van der Waals surface area contributed by atoms with Gasteiger partial charge in [0.1, 0.15) is 5.76 Å². The molecule has 0 saturated carbocycles. The zero-order valence-corrected chi connectivity index (χ0v) is 20.5. The van der Waals surface area contributed by atoms with Crippen molar-refractivity contribution in [3.05, 3.63) is 54.0 Å². The lowest BCUT2D eigenvalue weighted by atomic mass is 10.1. The van der Waals surface area contributed by atoms with Gasteiger partial charge in [-0.15, -0.1) is 10.2 Å². The number of aromatic nitrogens is 3. The molecule has 0 aliphatic carbocycles. The molecule has 0 unspecified atom stereocenters. The molecular formula is C25H32N6O2S. The molecule has 34 heavy (non-hydrogen) atoms. The van der Waals surface area contributed by atoms with Crippen LogP contribution in [0.3, 0.4) is 0 Å². The monoisotopic (exact) mass is 480 g/mol. The number of amides is 1. The summed E-state index contributed by atoms with van der Waals surface area (Å²) in [4.78, 5) is 19.6. The molecule has 2 aromatic heterocycles. The largest absolute Gasteiger partial charge is 0.467 e. The predicted octanol–water partition coefficient (Wildman–Crippen LogP) is 3.66. The highest BCUT2D eigenvalue weighted by molar-refractivity contribution is 7.99. The minimum atomic E-state index is 0.154. The van der Waals surface area contributed by atoms with Crippen LogP contribution in [0, 0.1) is 6.92 Å². The highest BCUT2D eigenvalue weighted by Gasteiger charge is 2.24. The van der Waals surface area contributed by atoms with E-state index in [-0.39, 0.29) is 5.91 Å². The van der Waals surface area contributed by atoms with E-state index >= 15 is 0 Å². The summed E-state index contributed by atoms with van der Waals surface area (Å²) < 4.78 is 7.69. The first-order valence-electron chi connectivity index (χ1n) is 12.1. The van der Waals surface area contributed by atoms with E-state index in [1.54, 1.807) is 6.26 Å². The molecule has 0 spiro atoms. The summed E-state index contributed by atoms with van der Waals surface area (Å²) in [6.45, 7) is 7.85. The quantitative estimate of drug-likeness (QED) is 0.478. The van der Waals surface area contributed by atoms with Crippen molar-refractivity contribution in [2.75, 3.05) is 54.8 Å². The second-order valence-corrected chi connectivity index (χ2v) is 9.93. The second kappa shape index (κ2) is 10.5. The van der Waals surface area contributed by atoms with Crippen molar-refractivity contribution in [2.24, 2.45) is 0 Å². The van der Waals surface area contributed by atoms with Crippen molar-refractivity contribution in [2.45, 2.75) is 37.9 Å². The van der Waals surface area contributed by atoms with Crippen molar-refractivity contribution in [3.63, 3.8) is 0 Å². The Morgan fingerprint density at radius 3 is 2.53 bits per heavy atom. The minimum absolute atomic E-state index is 0.154. The third kappa shape index (κ3) is 5.24. The van der Waals surface area contributed by atoms with Crippen LogP contribution in [0.5, 0.6) is 0 Å². The summed E-state index contributed by atoms with van der Waals surface area (Å²) in [5.74, 6) is 2.25. The fourth-order valence-corrected chi connectivity index (χ4v) is 5.50. The van der Waals surface area contributed by atoms with Crippen LogP contribution in [0.2, 0.25) is 0 Å². The first-order valence-corrected chi connectivity index (χ1v) is 13.1. The topological polar surface area (TPSA) is 70.6 Å². The van der Waals surface area contributed by atoms with E-state index < -0.39 is 0 Å². The number of hydrogen-bond donors (Lipinski definition) is 0. The molecule has 1 aromatic carbocycles. The van der Waals surface area contributed by atoms with Crippen molar-refractivity contribution < 1.29 is 9.21 Å². The number of thioether (sulfide) groups is 1. The van der Waals surface area contributed by atoms with Gasteiger partial charge in [0.05, 0.1) is 18.6 Å².